The van der Waals surface area contributed by atoms with Gasteiger partial charge < -0.3 is 4.74 Å². The normalized spacial score (nSPS) is 9.47. The van der Waals surface area contributed by atoms with Gasteiger partial charge in [0.2, 0.25) is 6.29 Å². The Morgan fingerprint density at radius 2 is 2.13 bits per heavy atom. The van der Waals surface area contributed by atoms with Crippen LogP contribution in [-0.4, -0.2) is 12.3 Å². The topological polar surface area (TPSA) is 43.4 Å². The largest absolute Gasteiger partial charge is 0.422 e. The van der Waals surface area contributed by atoms with Gasteiger partial charge in [0.05, 0.1) is 5.56 Å². The number of rotatable bonds is 3. The van der Waals surface area contributed by atoms with Crippen molar-refractivity contribution < 1.29 is 14.3 Å². The smallest absolute Gasteiger partial charge is 0.338 e. The maximum absolute atomic E-state index is 11.2. The molecule has 0 bridgehead atoms. The Labute approximate surface area is 88.4 Å². The Balaban J connectivity index is 3.02. The third-order valence-corrected chi connectivity index (χ3v) is 1.80. The number of ether oxygens (including phenoxy) is 1. The Morgan fingerprint density at radius 3 is 2.67 bits per heavy atom. The van der Waals surface area contributed by atoms with Gasteiger partial charge in [-0.1, -0.05) is 12.6 Å². The van der Waals surface area contributed by atoms with E-state index in [9.17, 15) is 9.59 Å². The molecular formula is C12H11O3. The van der Waals surface area contributed by atoms with Gasteiger partial charge in [-0.05, 0) is 31.5 Å². The molecular weight excluding hydrogens is 192 g/mol. The van der Waals surface area contributed by atoms with Crippen LogP contribution in [0, 0.1) is 6.92 Å². The van der Waals surface area contributed by atoms with Gasteiger partial charge in [0.25, 0.3) is 0 Å². The van der Waals surface area contributed by atoms with Crippen molar-refractivity contribution in [2.24, 2.45) is 0 Å². The first-order valence-corrected chi connectivity index (χ1v) is 4.41. The van der Waals surface area contributed by atoms with E-state index < -0.39 is 5.97 Å². The second kappa shape index (κ2) is 4.55. The molecule has 0 aromatic heterocycles. The van der Waals surface area contributed by atoms with E-state index >= 15 is 0 Å². The van der Waals surface area contributed by atoms with Crippen molar-refractivity contribution in [3.05, 3.63) is 41.5 Å². The van der Waals surface area contributed by atoms with Crippen LogP contribution in [0.15, 0.2) is 30.4 Å². The Morgan fingerprint density at radius 1 is 1.47 bits per heavy atom. The highest BCUT2D eigenvalue weighted by molar-refractivity contribution is 5.90. The van der Waals surface area contributed by atoms with E-state index in [4.69, 9.17) is 4.74 Å². The summed E-state index contributed by atoms with van der Waals surface area (Å²) >= 11 is 0. The van der Waals surface area contributed by atoms with Crippen LogP contribution in [0.2, 0.25) is 0 Å². The van der Waals surface area contributed by atoms with E-state index in [0.29, 0.717) is 0 Å². The molecule has 1 aromatic carbocycles. The summed E-state index contributed by atoms with van der Waals surface area (Å²) in [7, 11) is 0. The molecule has 0 aliphatic heterocycles. The van der Waals surface area contributed by atoms with Gasteiger partial charge in [0.15, 0.2) is 0 Å². The summed E-state index contributed by atoms with van der Waals surface area (Å²) in [6.07, 6.45) is 1.71. The van der Waals surface area contributed by atoms with E-state index in [1.165, 1.54) is 0 Å². The second-order valence-electron chi connectivity index (χ2n) is 3.27. The molecule has 0 fully saturated rings. The van der Waals surface area contributed by atoms with E-state index in [1.807, 2.05) is 6.92 Å². The molecule has 0 N–H and O–H groups in total. The Bertz CT molecular complexity index is 419. The molecule has 0 heterocycles. The SMILES string of the molecule is C=C(C)C(=O)Oc1cc(C)ccc1[C]=O. The molecule has 0 aliphatic carbocycles. The van der Waals surface area contributed by atoms with Gasteiger partial charge in [-0.25, -0.2) is 4.79 Å². The highest BCUT2D eigenvalue weighted by atomic mass is 16.5. The number of carbonyl (C=O) groups excluding carboxylic acids is 2. The average Bonchev–Trinajstić information content (AvgIpc) is 2.18. The van der Waals surface area contributed by atoms with Gasteiger partial charge in [-0.15, -0.1) is 0 Å². The van der Waals surface area contributed by atoms with Crippen molar-refractivity contribution in [2.75, 3.05) is 0 Å². The molecule has 3 nitrogen and oxygen atoms in total. The molecule has 77 valence electrons. The van der Waals surface area contributed by atoms with E-state index in [1.54, 1.807) is 31.4 Å². The van der Waals surface area contributed by atoms with E-state index in [-0.39, 0.29) is 16.9 Å². The molecule has 0 spiro atoms. The van der Waals surface area contributed by atoms with Crippen LogP contribution in [0.25, 0.3) is 0 Å². The molecule has 0 amide bonds. The predicted molar refractivity (Wildman–Crippen MR) is 56.4 cm³/mol. The number of hydrogen-bond acceptors (Lipinski definition) is 3. The van der Waals surface area contributed by atoms with Crippen molar-refractivity contribution in [2.45, 2.75) is 13.8 Å². The van der Waals surface area contributed by atoms with Gasteiger partial charge >= 0.3 is 5.97 Å². The first kappa shape index (κ1) is 11.2. The monoisotopic (exact) mass is 203 g/mol. The second-order valence-corrected chi connectivity index (χ2v) is 3.27. The minimum atomic E-state index is -0.544. The molecule has 1 rings (SSSR count). The highest BCUT2D eigenvalue weighted by Gasteiger charge is 2.09. The lowest BCUT2D eigenvalue weighted by Gasteiger charge is -2.06. The summed E-state index contributed by atoms with van der Waals surface area (Å²) in [5, 5.41) is 0. The maximum Gasteiger partial charge on any atom is 0.338 e. The van der Waals surface area contributed by atoms with Crippen LogP contribution in [0.1, 0.15) is 18.1 Å². The Hall–Kier alpha value is -1.90. The van der Waals surface area contributed by atoms with E-state index in [0.717, 1.165) is 5.56 Å². The number of esters is 1. The number of hydrogen-bond donors (Lipinski definition) is 0. The van der Waals surface area contributed by atoms with Crippen molar-refractivity contribution in [3.8, 4) is 5.75 Å². The summed E-state index contributed by atoms with van der Waals surface area (Å²) in [5.74, 6) is -0.324. The highest BCUT2D eigenvalue weighted by Crippen LogP contribution is 2.19. The van der Waals surface area contributed by atoms with Gasteiger partial charge in [0.1, 0.15) is 5.75 Å². The van der Waals surface area contributed by atoms with Crippen molar-refractivity contribution in [1.29, 1.82) is 0 Å². The van der Waals surface area contributed by atoms with Crippen molar-refractivity contribution in [1.82, 2.24) is 0 Å². The molecule has 0 saturated heterocycles. The van der Waals surface area contributed by atoms with Crippen LogP contribution in [0.4, 0.5) is 0 Å². The van der Waals surface area contributed by atoms with E-state index in [2.05, 4.69) is 6.58 Å². The van der Waals surface area contributed by atoms with Gasteiger partial charge in [-0.2, -0.15) is 0 Å². The predicted octanol–water partition coefficient (Wildman–Crippen LogP) is 1.93. The standard InChI is InChI=1S/C12H11O3/c1-8(2)12(14)15-11-6-9(3)4-5-10(11)7-13/h4-6H,1H2,2-3H3. The summed E-state index contributed by atoms with van der Waals surface area (Å²) in [6, 6.07) is 4.92. The van der Waals surface area contributed by atoms with Crippen LogP contribution >= 0.6 is 0 Å². The summed E-state index contributed by atoms with van der Waals surface area (Å²) in [6.45, 7) is 6.84. The molecule has 0 saturated carbocycles. The number of carbonyl (C=O) groups is 1. The molecule has 15 heavy (non-hydrogen) atoms. The molecule has 0 aliphatic rings. The first-order valence-electron chi connectivity index (χ1n) is 4.41. The molecule has 1 aromatic rings. The lowest BCUT2D eigenvalue weighted by atomic mass is 10.1. The lowest BCUT2D eigenvalue weighted by molar-refractivity contribution is -0.130. The fourth-order valence-electron chi connectivity index (χ4n) is 0.985. The van der Waals surface area contributed by atoms with Crippen LogP contribution in [0.3, 0.4) is 0 Å². The average molecular weight is 203 g/mol. The minimum absolute atomic E-state index is 0.220. The third-order valence-electron chi connectivity index (χ3n) is 1.80. The Kier molecular flexibility index (Phi) is 3.39. The van der Waals surface area contributed by atoms with Crippen LogP contribution < -0.4 is 4.74 Å². The van der Waals surface area contributed by atoms with Crippen molar-refractivity contribution >= 4 is 12.3 Å². The minimum Gasteiger partial charge on any atom is -0.422 e. The molecule has 0 atom stereocenters. The fourth-order valence-corrected chi connectivity index (χ4v) is 0.985. The zero-order valence-electron chi connectivity index (χ0n) is 8.66. The number of aryl methyl sites for hydroxylation is 1. The van der Waals surface area contributed by atoms with Gasteiger partial charge in [0, 0.05) is 5.57 Å². The fraction of sp³-hybridized carbons (Fsp3) is 0.167. The summed E-state index contributed by atoms with van der Waals surface area (Å²) in [5.41, 5.74) is 1.42. The molecule has 1 radical (unpaired) electrons. The summed E-state index contributed by atoms with van der Waals surface area (Å²) < 4.78 is 4.98. The third kappa shape index (κ3) is 2.77. The first-order chi connectivity index (χ1) is 7.04. The summed E-state index contributed by atoms with van der Waals surface area (Å²) in [4.78, 5) is 21.8. The van der Waals surface area contributed by atoms with Crippen LogP contribution in [0.5, 0.6) is 5.75 Å². The quantitative estimate of drug-likeness (QED) is 0.428. The molecule has 0 unspecified atom stereocenters. The zero-order chi connectivity index (χ0) is 11.4. The van der Waals surface area contributed by atoms with Crippen molar-refractivity contribution in [3.63, 3.8) is 0 Å². The van der Waals surface area contributed by atoms with Crippen LogP contribution in [-0.2, 0) is 9.59 Å². The van der Waals surface area contributed by atoms with Gasteiger partial charge in [-0.3, -0.25) is 4.79 Å². The lowest BCUT2D eigenvalue weighted by Crippen LogP contribution is -2.09. The molecule has 3 heteroatoms. The number of benzene rings is 1. The maximum atomic E-state index is 11.2. The zero-order valence-corrected chi connectivity index (χ0v) is 8.66.